The minimum Gasteiger partial charge on any atom is -0.418 e. The summed E-state index contributed by atoms with van der Waals surface area (Å²) in [5, 5.41) is 8.31. The molecule has 2 unspecified atom stereocenters. The van der Waals surface area contributed by atoms with Crippen molar-refractivity contribution < 1.29 is 4.42 Å². The number of benzene rings is 2. The van der Waals surface area contributed by atoms with E-state index in [0.717, 1.165) is 27.5 Å². The second kappa shape index (κ2) is 8.47. The van der Waals surface area contributed by atoms with Gasteiger partial charge in [-0.15, -0.1) is 22.0 Å². The molecule has 1 aromatic heterocycles. The fourth-order valence-corrected chi connectivity index (χ4v) is 3.70. The Balaban J connectivity index is 1.65. The van der Waals surface area contributed by atoms with Crippen LogP contribution in [-0.2, 0) is 0 Å². The van der Waals surface area contributed by atoms with Crippen molar-refractivity contribution >= 4 is 23.7 Å². The van der Waals surface area contributed by atoms with Crippen LogP contribution in [-0.4, -0.2) is 40.6 Å². The third-order valence-electron chi connectivity index (χ3n) is 4.22. The molecule has 0 aliphatic carbocycles. The predicted octanol–water partition coefficient (Wildman–Crippen LogP) is 2.69. The lowest BCUT2D eigenvalue weighted by Gasteiger charge is -2.20. The van der Waals surface area contributed by atoms with Crippen LogP contribution in [0.3, 0.4) is 0 Å². The van der Waals surface area contributed by atoms with Crippen LogP contribution >= 0.6 is 11.8 Å². The van der Waals surface area contributed by atoms with Gasteiger partial charge >= 0.3 is 0 Å². The zero-order valence-electron chi connectivity index (χ0n) is 15.1. The topological polar surface area (TPSA) is 116 Å². The molecule has 0 bridgehead atoms. The Morgan fingerprint density at radius 3 is 2.61 bits per heavy atom. The van der Waals surface area contributed by atoms with Crippen LogP contribution in [0.1, 0.15) is 17.5 Å². The highest BCUT2D eigenvalue weighted by atomic mass is 32.2. The molecule has 1 aliphatic rings. The fraction of sp³-hybridized carbons (Fsp3) is 0.200. The molecule has 142 valence electrons. The summed E-state index contributed by atoms with van der Waals surface area (Å²) in [6, 6.07) is 17.1. The standard InChI is InChI=1S/C20H20N6OS/c21-10-11-28-16-9-5-4-8-14(16)15-12-23-18(22)17(24-15)20-26-25-19(27-20)13-6-2-1-3-7-13/h1-9,12,17-18H,10-11,21-22H2. The third-order valence-corrected chi connectivity index (χ3v) is 5.33. The number of nitrogens with zero attached hydrogens (tertiary/aromatic N) is 4. The Kier molecular flexibility index (Phi) is 5.61. The van der Waals surface area contributed by atoms with E-state index < -0.39 is 12.2 Å². The van der Waals surface area contributed by atoms with Gasteiger partial charge < -0.3 is 15.9 Å². The predicted molar refractivity (Wildman–Crippen MR) is 112 cm³/mol. The summed E-state index contributed by atoms with van der Waals surface area (Å²) < 4.78 is 5.85. The number of aliphatic imine (C=N–C) groups is 2. The van der Waals surface area contributed by atoms with Crippen molar-refractivity contribution in [3.05, 3.63) is 66.1 Å². The second-order valence-corrected chi connectivity index (χ2v) is 7.31. The van der Waals surface area contributed by atoms with Crippen molar-refractivity contribution in [2.45, 2.75) is 17.1 Å². The van der Waals surface area contributed by atoms with Crippen LogP contribution in [0.15, 0.2) is 73.9 Å². The number of aromatic nitrogens is 2. The summed E-state index contributed by atoms with van der Waals surface area (Å²) >= 11 is 1.69. The maximum Gasteiger partial charge on any atom is 0.247 e. The van der Waals surface area contributed by atoms with E-state index in [1.807, 2.05) is 48.5 Å². The zero-order valence-corrected chi connectivity index (χ0v) is 15.9. The lowest BCUT2D eigenvalue weighted by molar-refractivity contribution is 0.421. The molecule has 4 rings (SSSR count). The monoisotopic (exact) mass is 392 g/mol. The highest BCUT2D eigenvalue weighted by Crippen LogP contribution is 2.29. The van der Waals surface area contributed by atoms with Crippen molar-refractivity contribution in [2.24, 2.45) is 21.5 Å². The van der Waals surface area contributed by atoms with E-state index in [1.54, 1.807) is 18.0 Å². The number of thioether (sulfide) groups is 1. The first-order valence-electron chi connectivity index (χ1n) is 8.94. The zero-order chi connectivity index (χ0) is 19.3. The molecule has 8 heteroatoms. The van der Waals surface area contributed by atoms with E-state index in [9.17, 15) is 0 Å². The largest absolute Gasteiger partial charge is 0.418 e. The SMILES string of the molecule is NCCSc1ccccc1C1=NC(c2nnc(-c3ccccc3)o2)C(N)N=C1. The molecule has 2 atom stereocenters. The van der Waals surface area contributed by atoms with Gasteiger partial charge in [0.1, 0.15) is 6.17 Å². The van der Waals surface area contributed by atoms with Gasteiger partial charge in [-0.1, -0.05) is 36.4 Å². The average molecular weight is 392 g/mol. The number of rotatable bonds is 6. The van der Waals surface area contributed by atoms with Gasteiger partial charge in [-0.25, -0.2) is 0 Å². The smallest absolute Gasteiger partial charge is 0.247 e. The van der Waals surface area contributed by atoms with E-state index in [0.29, 0.717) is 18.3 Å². The Bertz CT molecular complexity index is 1000. The summed E-state index contributed by atoms with van der Waals surface area (Å²) in [6.07, 6.45) is 1.13. The molecule has 0 saturated heterocycles. The lowest BCUT2D eigenvalue weighted by atomic mass is 10.1. The van der Waals surface area contributed by atoms with Gasteiger partial charge in [-0.2, -0.15) is 0 Å². The van der Waals surface area contributed by atoms with E-state index in [2.05, 4.69) is 21.3 Å². The first kappa shape index (κ1) is 18.5. The molecule has 0 saturated carbocycles. The van der Waals surface area contributed by atoms with E-state index in [-0.39, 0.29) is 0 Å². The summed E-state index contributed by atoms with van der Waals surface area (Å²) in [5.41, 5.74) is 14.4. The summed E-state index contributed by atoms with van der Waals surface area (Å²) in [7, 11) is 0. The van der Waals surface area contributed by atoms with Gasteiger partial charge in [0.2, 0.25) is 11.8 Å². The summed E-state index contributed by atoms with van der Waals surface area (Å²) in [4.78, 5) is 10.3. The average Bonchev–Trinajstić information content (AvgIpc) is 3.23. The molecule has 4 N–H and O–H groups in total. The van der Waals surface area contributed by atoms with Crippen LogP contribution in [0.5, 0.6) is 0 Å². The van der Waals surface area contributed by atoms with E-state index in [1.165, 1.54) is 0 Å². The highest BCUT2D eigenvalue weighted by Gasteiger charge is 2.28. The van der Waals surface area contributed by atoms with Crippen LogP contribution in [0.4, 0.5) is 0 Å². The molecule has 0 radical (unpaired) electrons. The Morgan fingerprint density at radius 2 is 1.79 bits per heavy atom. The molecular weight excluding hydrogens is 372 g/mol. The molecule has 7 nitrogen and oxygen atoms in total. The van der Waals surface area contributed by atoms with Gasteiger partial charge in [0.05, 0.1) is 5.71 Å². The molecule has 2 aromatic carbocycles. The van der Waals surface area contributed by atoms with Crippen molar-refractivity contribution in [1.82, 2.24) is 10.2 Å². The number of nitrogens with two attached hydrogens (primary N) is 2. The van der Waals surface area contributed by atoms with Crippen LogP contribution < -0.4 is 11.5 Å². The van der Waals surface area contributed by atoms with Gasteiger partial charge in [0.15, 0.2) is 6.04 Å². The molecule has 0 amide bonds. The van der Waals surface area contributed by atoms with Crippen molar-refractivity contribution in [3.63, 3.8) is 0 Å². The van der Waals surface area contributed by atoms with Gasteiger partial charge in [0.25, 0.3) is 0 Å². The molecule has 1 aliphatic heterocycles. The maximum atomic E-state index is 6.16. The minimum atomic E-state index is -0.573. The Labute approximate surface area is 167 Å². The van der Waals surface area contributed by atoms with Gasteiger partial charge in [-0.05, 0) is 18.2 Å². The van der Waals surface area contributed by atoms with E-state index in [4.69, 9.17) is 20.9 Å². The van der Waals surface area contributed by atoms with Crippen molar-refractivity contribution in [2.75, 3.05) is 12.3 Å². The van der Waals surface area contributed by atoms with Crippen LogP contribution in [0, 0.1) is 0 Å². The first-order valence-corrected chi connectivity index (χ1v) is 9.92. The molecule has 2 heterocycles. The summed E-state index contributed by atoms with van der Waals surface area (Å²) in [5.74, 6) is 1.62. The molecular formula is C20H20N6OS. The minimum absolute atomic E-state index is 0.354. The maximum absolute atomic E-state index is 6.16. The second-order valence-electron chi connectivity index (χ2n) is 6.17. The van der Waals surface area contributed by atoms with Crippen molar-refractivity contribution in [1.29, 1.82) is 0 Å². The Hall–Kier alpha value is -2.81. The van der Waals surface area contributed by atoms with Gasteiger partial charge in [0, 0.05) is 34.5 Å². The van der Waals surface area contributed by atoms with Crippen molar-refractivity contribution in [3.8, 4) is 11.5 Å². The lowest BCUT2D eigenvalue weighted by Crippen LogP contribution is -2.30. The summed E-state index contributed by atoms with van der Waals surface area (Å²) in [6.45, 7) is 0.608. The highest BCUT2D eigenvalue weighted by molar-refractivity contribution is 7.99. The van der Waals surface area contributed by atoms with Crippen LogP contribution in [0.2, 0.25) is 0 Å². The van der Waals surface area contributed by atoms with Crippen LogP contribution in [0.25, 0.3) is 11.5 Å². The Morgan fingerprint density at radius 1 is 1.00 bits per heavy atom. The molecule has 0 spiro atoms. The number of hydrogen-bond donors (Lipinski definition) is 2. The third kappa shape index (κ3) is 3.89. The fourth-order valence-electron chi connectivity index (χ4n) is 2.86. The molecule has 3 aromatic rings. The van der Waals surface area contributed by atoms with Gasteiger partial charge in [-0.3, -0.25) is 9.98 Å². The quantitative estimate of drug-likeness (QED) is 0.623. The first-order chi connectivity index (χ1) is 13.8. The molecule has 28 heavy (non-hydrogen) atoms. The number of hydrogen-bond acceptors (Lipinski definition) is 8. The van der Waals surface area contributed by atoms with E-state index >= 15 is 0 Å². The molecule has 0 fully saturated rings. The normalized spacial score (nSPS) is 18.9.